The average Bonchev–Trinajstić information content (AvgIpc) is 2.67. The van der Waals surface area contributed by atoms with Gasteiger partial charge in [0, 0.05) is 31.2 Å². The number of hydrogen-bond donors (Lipinski definition) is 0. The van der Waals surface area contributed by atoms with Gasteiger partial charge in [-0.3, -0.25) is 9.78 Å². The molecule has 24 heavy (non-hydrogen) atoms. The molecule has 0 radical (unpaired) electrons. The van der Waals surface area contributed by atoms with Crippen molar-refractivity contribution in [1.29, 1.82) is 0 Å². The van der Waals surface area contributed by atoms with E-state index in [9.17, 15) is 4.79 Å². The fourth-order valence-corrected chi connectivity index (χ4v) is 3.05. The standard InChI is InChI=1S/C19H21NO4/c1-22-18(21)19(8-11-23-12-9-19)16-4-6-17(7-5-16)24-14-15-3-2-10-20-13-15/h2-7,10,13H,8-9,11-12,14H2,1H3. The third-order valence-electron chi connectivity index (χ3n) is 4.46. The second-order valence-electron chi connectivity index (χ2n) is 5.86. The molecule has 0 atom stereocenters. The predicted octanol–water partition coefficient (Wildman–Crippen LogP) is 2.88. The van der Waals surface area contributed by atoms with Gasteiger partial charge in [-0.1, -0.05) is 18.2 Å². The Hall–Kier alpha value is -2.40. The summed E-state index contributed by atoms with van der Waals surface area (Å²) in [4.78, 5) is 16.4. The number of methoxy groups -OCH3 is 1. The zero-order chi connectivity index (χ0) is 16.8. The molecule has 1 fully saturated rings. The van der Waals surface area contributed by atoms with Crippen molar-refractivity contribution in [3.63, 3.8) is 0 Å². The first kappa shape index (κ1) is 16.5. The molecule has 5 nitrogen and oxygen atoms in total. The smallest absolute Gasteiger partial charge is 0.316 e. The Morgan fingerprint density at radius 2 is 1.96 bits per heavy atom. The molecule has 126 valence electrons. The van der Waals surface area contributed by atoms with Crippen LogP contribution in [0.1, 0.15) is 24.0 Å². The summed E-state index contributed by atoms with van der Waals surface area (Å²) >= 11 is 0. The van der Waals surface area contributed by atoms with Crippen molar-refractivity contribution in [1.82, 2.24) is 4.98 Å². The Kier molecular flexibility index (Phi) is 5.11. The maximum absolute atomic E-state index is 12.4. The van der Waals surface area contributed by atoms with Gasteiger partial charge in [-0.15, -0.1) is 0 Å². The SMILES string of the molecule is COC(=O)C1(c2ccc(OCc3cccnc3)cc2)CCOCC1. The van der Waals surface area contributed by atoms with Crippen molar-refractivity contribution >= 4 is 5.97 Å². The van der Waals surface area contributed by atoms with Crippen LogP contribution in [0.25, 0.3) is 0 Å². The zero-order valence-corrected chi connectivity index (χ0v) is 13.7. The number of pyridine rings is 1. The molecule has 1 aromatic carbocycles. The van der Waals surface area contributed by atoms with Gasteiger partial charge in [0.05, 0.1) is 12.5 Å². The van der Waals surface area contributed by atoms with Crippen LogP contribution in [-0.2, 0) is 26.3 Å². The van der Waals surface area contributed by atoms with E-state index in [-0.39, 0.29) is 5.97 Å². The number of aromatic nitrogens is 1. The van der Waals surface area contributed by atoms with Gasteiger partial charge in [0.25, 0.3) is 0 Å². The van der Waals surface area contributed by atoms with Crippen LogP contribution in [0, 0.1) is 0 Å². The molecule has 0 amide bonds. The first-order valence-electron chi connectivity index (χ1n) is 8.03. The third-order valence-corrected chi connectivity index (χ3v) is 4.46. The summed E-state index contributed by atoms with van der Waals surface area (Å²) in [6, 6.07) is 11.5. The Morgan fingerprint density at radius 3 is 2.58 bits per heavy atom. The van der Waals surface area contributed by atoms with Gasteiger partial charge >= 0.3 is 5.97 Å². The van der Waals surface area contributed by atoms with Crippen LogP contribution >= 0.6 is 0 Å². The summed E-state index contributed by atoms with van der Waals surface area (Å²) in [5.41, 5.74) is 1.35. The summed E-state index contributed by atoms with van der Waals surface area (Å²) in [6.45, 7) is 1.59. The summed E-state index contributed by atoms with van der Waals surface area (Å²) in [5.74, 6) is 0.560. The second kappa shape index (κ2) is 7.45. The first-order chi connectivity index (χ1) is 11.7. The average molecular weight is 327 g/mol. The number of benzene rings is 1. The molecular formula is C19H21NO4. The Balaban J connectivity index is 1.73. The fourth-order valence-electron chi connectivity index (χ4n) is 3.05. The van der Waals surface area contributed by atoms with E-state index in [0.29, 0.717) is 32.7 Å². The van der Waals surface area contributed by atoms with Crippen LogP contribution in [0.15, 0.2) is 48.8 Å². The number of nitrogens with zero attached hydrogens (tertiary/aromatic N) is 1. The van der Waals surface area contributed by atoms with Crippen molar-refractivity contribution in [2.75, 3.05) is 20.3 Å². The lowest BCUT2D eigenvalue weighted by Crippen LogP contribution is -2.42. The fraction of sp³-hybridized carbons (Fsp3) is 0.368. The topological polar surface area (TPSA) is 57.7 Å². The maximum atomic E-state index is 12.4. The van der Waals surface area contributed by atoms with Gasteiger partial charge < -0.3 is 14.2 Å². The number of hydrogen-bond acceptors (Lipinski definition) is 5. The summed E-state index contributed by atoms with van der Waals surface area (Å²) in [5, 5.41) is 0. The molecular weight excluding hydrogens is 306 g/mol. The van der Waals surface area contributed by atoms with Crippen LogP contribution in [0.2, 0.25) is 0 Å². The second-order valence-corrected chi connectivity index (χ2v) is 5.86. The normalized spacial score (nSPS) is 16.4. The van der Waals surface area contributed by atoms with Crippen molar-refractivity contribution in [2.45, 2.75) is 24.9 Å². The van der Waals surface area contributed by atoms with E-state index >= 15 is 0 Å². The van der Waals surface area contributed by atoms with Crippen LogP contribution in [0.4, 0.5) is 0 Å². The van der Waals surface area contributed by atoms with Crippen molar-refractivity contribution in [2.24, 2.45) is 0 Å². The first-order valence-corrected chi connectivity index (χ1v) is 8.03. The van der Waals surface area contributed by atoms with Crippen LogP contribution in [0.3, 0.4) is 0 Å². The molecule has 2 heterocycles. The largest absolute Gasteiger partial charge is 0.489 e. The van der Waals surface area contributed by atoms with E-state index in [4.69, 9.17) is 14.2 Å². The number of carbonyl (C=O) groups excluding carboxylic acids is 1. The lowest BCUT2D eigenvalue weighted by molar-refractivity contribution is -0.151. The number of rotatable bonds is 5. The van der Waals surface area contributed by atoms with Crippen molar-refractivity contribution < 1.29 is 19.0 Å². The molecule has 1 aliphatic heterocycles. The molecule has 1 aromatic heterocycles. The Bertz CT molecular complexity index is 664. The van der Waals surface area contributed by atoms with Crippen LogP contribution < -0.4 is 4.74 Å². The van der Waals surface area contributed by atoms with Gasteiger partial charge in [0.1, 0.15) is 12.4 Å². The highest BCUT2D eigenvalue weighted by Gasteiger charge is 2.42. The third kappa shape index (κ3) is 3.41. The highest BCUT2D eigenvalue weighted by molar-refractivity contribution is 5.83. The van der Waals surface area contributed by atoms with E-state index < -0.39 is 5.41 Å². The summed E-state index contributed by atoms with van der Waals surface area (Å²) in [6.07, 6.45) is 4.78. The molecule has 0 saturated carbocycles. The monoisotopic (exact) mass is 327 g/mol. The van der Waals surface area contributed by atoms with E-state index in [1.54, 1.807) is 12.4 Å². The maximum Gasteiger partial charge on any atom is 0.316 e. The van der Waals surface area contributed by atoms with Gasteiger partial charge in [-0.05, 0) is 36.6 Å². The van der Waals surface area contributed by atoms with E-state index in [1.165, 1.54) is 7.11 Å². The number of esters is 1. The van der Waals surface area contributed by atoms with E-state index in [0.717, 1.165) is 16.9 Å². The van der Waals surface area contributed by atoms with Crippen molar-refractivity contribution in [3.8, 4) is 5.75 Å². The van der Waals surface area contributed by atoms with E-state index in [1.807, 2.05) is 36.4 Å². The van der Waals surface area contributed by atoms with Gasteiger partial charge in [-0.25, -0.2) is 0 Å². The minimum Gasteiger partial charge on any atom is -0.489 e. The molecule has 5 heteroatoms. The summed E-state index contributed by atoms with van der Waals surface area (Å²) in [7, 11) is 1.44. The highest BCUT2D eigenvalue weighted by atomic mass is 16.5. The summed E-state index contributed by atoms with van der Waals surface area (Å²) < 4.78 is 16.2. The number of ether oxygens (including phenoxy) is 3. The molecule has 0 spiro atoms. The Labute approximate surface area is 141 Å². The molecule has 0 unspecified atom stereocenters. The molecule has 1 aliphatic rings. The highest BCUT2D eigenvalue weighted by Crippen LogP contribution is 2.36. The molecule has 0 N–H and O–H groups in total. The quantitative estimate of drug-likeness (QED) is 0.790. The zero-order valence-electron chi connectivity index (χ0n) is 13.7. The lowest BCUT2D eigenvalue weighted by Gasteiger charge is -2.34. The molecule has 0 bridgehead atoms. The lowest BCUT2D eigenvalue weighted by atomic mass is 9.74. The van der Waals surface area contributed by atoms with Gasteiger partial charge in [0.15, 0.2) is 0 Å². The molecule has 2 aromatic rings. The number of carbonyl (C=O) groups is 1. The minimum atomic E-state index is -0.616. The predicted molar refractivity (Wildman–Crippen MR) is 88.8 cm³/mol. The Morgan fingerprint density at radius 1 is 1.21 bits per heavy atom. The van der Waals surface area contributed by atoms with Crippen molar-refractivity contribution in [3.05, 3.63) is 59.9 Å². The van der Waals surface area contributed by atoms with Crippen LogP contribution in [-0.4, -0.2) is 31.3 Å². The molecule has 3 rings (SSSR count). The minimum absolute atomic E-state index is 0.199. The van der Waals surface area contributed by atoms with Gasteiger partial charge in [0.2, 0.25) is 0 Å². The molecule has 1 saturated heterocycles. The van der Waals surface area contributed by atoms with Gasteiger partial charge in [-0.2, -0.15) is 0 Å². The van der Waals surface area contributed by atoms with Crippen LogP contribution in [0.5, 0.6) is 5.75 Å². The molecule has 0 aliphatic carbocycles. The van der Waals surface area contributed by atoms with E-state index in [2.05, 4.69) is 4.98 Å².